The molecule has 0 atom stereocenters. The molecular formula is C25H26N4O3S. The lowest BCUT2D eigenvalue weighted by atomic mass is 10.2. The maximum atomic E-state index is 12.9. The van der Waals surface area contributed by atoms with Gasteiger partial charge in [-0.25, -0.2) is 8.42 Å². The van der Waals surface area contributed by atoms with Gasteiger partial charge in [-0.15, -0.1) is 0 Å². The standard InChI is InChI=1S/C25H26N4O3S/c1-29(23-9-5-6-10-23)33(31,32)24-17-11-19(12-18-24)25(30)26-20-13-15-22(16-14-20)28-27-21-7-3-2-4-8-21/h2-4,7-8,11-18,23H,5-6,9-10H2,1H3,(H,26,30). The fourth-order valence-corrected chi connectivity index (χ4v) is 5.25. The maximum absolute atomic E-state index is 12.9. The number of carbonyl (C=O) groups is 1. The van der Waals surface area contributed by atoms with Gasteiger partial charge in [0.05, 0.1) is 16.3 Å². The number of azo groups is 1. The van der Waals surface area contributed by atoms with Crippen LogP contribution in [-0.2, 0) is 10.0 Å². The van der Waals surface area contributed by atoms with Crippen LogP contribution in [0.3, 0.4) is 0 Å². The quantitative estimate of drug-likeness (QED) is 0.442. The van der Waals surface area contributed by atoms with Crippen molar-refractivity contribution in [3.8, 4) is 0 Å². The van der Waals surface area contributed by atoms with Crippen LogP contribution in [0.15, 0.2) is 94.0 Å². The number of benzene rings is 3. The molecule has 0 heterocycles. The molecule has 0 unspecified atom stereocenters. The average Bonchev–Trinajstić information content (AvgIpc) is 3.39. The Bertz CT molecular complexity index is 1220. The third-order valence-corrected chi connectivity index (χ3v) is 7.72. The summed E-state index contributed by atoms with van der Waals surface area (Å²) < 4.78 is 27.2. The van der Waals surface area contributed by atoms with E-state index < -0.39 is 10.0 Å². The highest BCUT2D eigenvalue weighted by molar-refractivity contribution is 7.89. The Kier molecular flexibility index (Phi) is 6.96. The molecule has 1 aliphatic rings. The number of nitrogens with zero attached hydrogens (tertiary/aromatic N) is 3. The largest absolute Gasteiger partial charge is 0.322 e. The van der Waals surface area contributed by atoms with Crippen molar-refractivity contribution < 1.29 is 13.2 Å². The summed E-state index contributed by atoms with van der Waals surface area (Å²) in [5, 5.41) is 11.2. The van der Waals surface area contributed by atoms with Gasteiger partial charge in [-0.05, 0) is 73.5 Å². The third-order valence-electron chi connectivity index (χ3n) is 5.79. The summed E-state index contributed by atoms with van der Waals surface area (Å²) in [6, 6.07) is 22.5. The molecule has 3 aromatic carbocycles. The van der Waals surface area contributed by atoms with E-state index in [-0.39, 0.29) is 16.8 Å². The van der Waals surface area contributed by atoms with Crippen LogP contribution < -0.4 is 5.32 Å². The van der Waals surface area contributed by atoms with Crippen molar-refractivity contribution in [2.45, 2.75) is 36.6 Å². The lowest BCUT2D eigenvalue weighted by Gasteiger charge is -2.23. The van der Waals surface area contributed by atoms with Crippen LogP contribution in [0, 0.1) is 0 Å². The monoisotopic (exact) mass is 462 g/mol. The van der Waals surface area contributed by atoms with E-state index in [2.05, 4.69) is 15.5 Å². The first-order valence-corrected chi connectivity index (χ1v) is 12.3. The summed E-state index contributed by atoms with van der Waals surface area (Å²) in [5.74, 6) is -0.318. The Morgan fingerprint density at radius 2 is 1.42 bits per heavy atom. The number of hydrogen-bond donors (Lipinski definition) is 1. The van der Waals surface area contributed by atoms with Crippen LogP contribution >= 0.6 is 0 Å². The minimum Gasteiger partial charge on any atom is -0.322 e. The second-order valence-corrected chi connectivity index (χ2v) is 10.0. The summed E-state index contributed by atoms with van der Waals surface area (Å²) in [4.78, 5) is 12.8. The zero-order chi connectivity index (χ0) is 23.3. The Labute approximate surface area is 194 Å². The second kappa shape index (κ2) is 10.1. The molecule has 0 aliphatic heterocycles. The van der Waals surface area contributed by atoms with Crippen LogP contribution in [0.1, 0.15) is 36.0 Å². The fraction of sp³-hybridized carbons (Fsp3) is 0.240. The Morgan fingerprint density at radius 1 is 0.848 bits per heavy atom. The van der Waals surface area contributed by atoms with Crippen molar-refractivity contribution in [3.05, 3.63) is 84.4 Å². The number of anilines is 1. The minimum atomic E-state index is -3.57. The van der Waals surface area contributed by atoms with Crippen molar-refractivity contribution in [1.82, 2.24) is 4.31 Å². The first-order chi connectivity index (χ1) is 15.9. The number of sulfonamides is 1. The van der Waals surface area contributed by atoms with Gasteiger partial charge in [0.1, 0.15) is 0 Å². The molecule has 7 nitrogen and oxygen atoms in total. The molecule has 1 amide bonds. The molecule has 4 rings (SSSR count). The summed E-state index contributed by atoms with van der Waals surface area (Å²) in [7, 11) is -1.94. The molecule has 0 aromatic heterocycles. The van der Waals surface area contributed by atoms with Crippen LogP contribution in [-0.4, -0.2) is 31.7 Å². The van der Waals surface area contributed by atoms with Gasteiger partial charge >= 0.3 is 0 Å². The van der Waals surface area contributed by atoms with Crippen molar-refractivity contribution in [2.24, 2.45) is 10.2 Å². The second-order valence-electron chi connectivity index (χ2n) is 8.02. The molecule has 3 aromatic rings. The van der Waals surface area contributed by atoms with Gasteiger partial charge in [0.2, 0.25) is 10.0 Å². The Morgan fingerprint density at radius 3 is 2.03 bits per heavy atom. The predicted octanol–water partition coefficient (Wildman–Crippen LogP) is 5.92. The van der Waals surface area contributed by atoms with Crippen LogP contribution in [0.4, 0.5) is 17.1 Å². The lowest BCUT2D eigenvalue weighted by Crippen LogP contribution is -2.35. The number of nitrogens with one attached hydrogen (secondary N) is 1. The van der Waals surface area contributed by atoms with E-state index in [0.29, 0.717) is 16.9 Å². The molecule has 33 heavy (non-hydrogen) atoms. The van der Waals surface area contributed by atoms with Gasteiger partial charge in [0, 0.05) is 24.3 Å². The smallest absolute Gasteiger partial charge is 0.255 e. The molecule has 1 saturated carbocycles. The predicted molar refractivity (Wildman–Crippen MR) is 129 cm³/mol. The Balaban J connectivity index is 1.39. The summed E-state index contributed by atoms with van der Waals surface area (Å²) >= 11 is 0. The van der Waals surface area contributed by atoms with E-state index in [1.165, 1.54) is 28.6 Å². The van der Waals surface area contributed by atoms with E-state index in [9.17, 15) is 13.2 Å². The number of amides is 1. The summed E-state index contributed by atoms with van der Waals surface area (Å²) in [6.07, 6.45) is 3.90. The van der Waals surface area contributed by atoms with Crippen molar-refractivity contribution in [2.75, 3.05) is 12.4 Å². The van der Waals surface area contributed by atoms with Gasteiger partial charge < -0.3 is 5.32 Å². The number of hydrogen-bond acceptors (Lipinski definition) is 5. The van der Waals surface area contributed by atoms with Gasteiger partial charge in [0.15, 0.2) is 0 Å². The average molecular weight is 463 g/mol. The van der Waals surface area contributed by atoms with E-state index in [0.717, 1.165) is 31.4 Å². The Hall–Kier alpha value is -3.36. The van der Waals surface area contributed by atoms with E-state index in [1.807, 2.05) is 30.3 Å². The lowest BCUT2D eigenvalue weighted by molar-refractivity contribution is 0.102. The molecule has 0 spiro atoms. The molecule has 0 bridgehead atoms. The first-order valence-electron chi connectivity index (χ1n) is 10.9. The van der Waals surface area contributed by atoms with E-state index >= 15 is 0 Å². The highest BCUT2D eigenvalue weighted by atomic mass is 32.2. The third kappa shape index (κ3) is 5.53. The molecule has 1 aliphatic carbocycles. The normalized spacial score (nSPS) is 14.7. The number of rotatable bonds is 7. The summed E-state index contributed by atoms with van der Waals surface area (Å²) in [5.41, 5.74) is 2.41. The topological polar surface area (TPSA) is 91.2 Å². The van der Waals surface area contributed by atoms with E-state index in [4.69, 9.17) is 0 Å². The highest BCUT2D eigenvalue weighted by Crippen LogP contribution is 2.27. The molecule has 0 saturated heterocycles. The van der Waals surface area contributed by atoms with Crippen molar-refractivity contribution in [3.63, 3.8) is 0 Å². The van der Waals surface area contributed by atoms with Crippen molar-refractivity contribution >= 4 is 33.0 Å². The zero-order valence-electron chi connectivity index (χ0n) is 18.4. The molecular weight excluding hydrogens is 436 g/mol. The van der Waals surface area contributed by atoms with E-state index in [1.54, 1.807) is 31.3 Å². The van der Waals surface area contributed by atoms with Crippen molar-refractivity contribution in [1.29, 1.82) is 0 Å². The molecule has 1 fully saturated rings. The highest BCUT2D eigenvalue weighted by Gasteiger charge is 2.30. The minimum absolute atomic E-state index is 0.0492. The van der Waals surface area contributed by atoms with Gasteiger partial charge in [0.25, 0.3) is 5.91 Å². The molecule has 1 N–H and O–H groups in total. The van der Waals surface area contributed by atoms with Crippen LogP contribution in [0.5, 0.6) is 0 Å². The SMILES string of the molecule is CN(C1CCCC1)S(=O)(=O)c1ccc(C(=O)Nc2ccc(N=Nc3ccccc3)cc2)cc1. The van der Waals surface area contributed by atoms with Crippen LogP contribution in [0.2, 0.25) is 0 Å². The fourth-order valence-electron chi connectivity index (χ4n) is 3.83. The van der Waals surface area contributed by atoms with Gasteiger partial charge in [-0.2, -0.15) is 14.5 Å². The maximum Gasteiger partial charge on any atom is 0.255 e. The number of carbonyl (C=O) groups excluding carboxylic acids is 1. The molecule has 8 heteroatoms. The van der Waals surface area contributed by atoms with Crippen LogP contribution in [0.25, 0.3) is 0 Å². The summed E-state index contributed by atoms with van der Waals surface area (Å²) in [6.45, 7) is 0. The zero-order valence-corrected chi connectivity index (χ0v) is 19.2. The first kappa shape index (κ1) is 22.8. The molecule has 170 valence electrons. The molecule has 0 radical (unpaired) electrons. The van der Waals surface area contributed by atoms with Gasteiger partial charge in [-0.1, -0.05) is 31.0 Å². The van der Waals surface area contributed by atoms with Gasteiger partial charge in [-0.3, -0.25) is 4.79 Å².